The van der Waals surface area contributed by atoms with Crippen LogP contribution in [0.15, 0.2) is 34.9 Å². The molecule has 4 rings (SSSR count). The summed E-state index contributed by atoms with van der Waals surface area (Å²) >= 11 is 0. The Balaban J connectivity index is 1.41. The van der Waals surface area contributed by atoms with Crippen molar-refractivity contribution >= 4 is 22.8 Å². The Morgan fingerprint density at radius 1 is 1.26 bits per heavy atom. The van der Waals surface area contributed by atoms with Gasteiger partial charge in [0.25, 0.3) is 11.8 Å². The fourth-order valence-corrected chi connectivity index (χ4v) is 3.40. The average molecular weight is 367 g/mol. The number of fused-ring (bicyclic) bond motifs is 1. The van der Waals surface area contributed by atoms with Crippen molar-refractivity contribution in [2.75, 3.05) is 13.1 Å². The van der Waals surface area contributed by atoms with Gasteiger partial charge in [0.05, 0.1) is 6.20 Å². The number of aryl methyl sites for hydroxylation is 1. The molecule has 1 fully saturated rings. The van der Waals surface area contributed by atoms with Crippen molar-refractivity contribution in [2.24, 2.45) is 0 Å². The topological polar surface area (TPSA) is 104 Å². The van der Waals surface area contributed by atoms with Crippen LogP contribution >= 0.6 is 0 Å². The molecule has 3 heterocycles. The Morgan fingerprint density at radius 3 is 2.74 bits per heavy atom. The molecule has 1 aliphatic heterocycles. The third-order valence-corrected chi connectivity index (χ3v) is 5.10. The van der Waals surface area contributed by atoms with E-state index in [-0.39, 0.29) is 17.5 Å². The van der Waals surface area contributed by atoms with Gasteiger partial charge in [-0.25, -0.2) is 0 Å². The number of carbonyl (C=O) groups excluding carboxylic acids is 2. The zero-order valence-corrected chi connectivity index (χ0v) is 15.3. The van der Waals surface area contributed by atoms with Crippen LogP contribution in [-0.2, 0) is 0 Å². The maximum Gasteiger partial charge on any atom is 0.289 e. The zero-order valence-electron chi connectivity index (χ0n) is 15.3. The molecule has 1 aromatic carbocycles. The van der Waals surface area contributed by atoms with Crippen LogP contribution in [-0.4, -0.2) is 50.8 Å². The van der Waals surface area contributed by atoms with E-state index in [1.54, 1.807) is 11.0 Å². The summed E-state index contributed by atoms with van der Waals surface area (Å²) in [6.45, 7) is 5.08. The summed E-state index contributed by atoms with van der Waals surface area (Å²) in [5.41, 5.74) is 1.70. The molecule has 0 bridgehead atoms. The van der Waals surface area contributed by atoms with Gasteiger partial charge in [-0.3, -0.25) is 9.59 Å². The molecular weight excluding hydrogens is 346 g/mol. The Kier molecular flexibility index (Phi) is 4.18. The first-order valence-corrected chi connectivity index (χ1v) is 8.91. The number of piperidine rings is 1. The van der Waals surface area contributed by atoms with Gasteiger partial charge >= 0.3 is 0 Å². The van der Waals surface area contributed by atoms with Crippen molar-refractivity contribution in [3.8, 4) is 0 Å². The van der Waals surface area contributed by atoms with Gasteiger partial charge in [0, 0.05) is 24.0 Å². The van der Waals surface area contributed by atoms with E-state index in [0.29, 0.717) is 37.3 Å². The predicted octanol–water partition coefficient (Wildman–Crippen LogP) is 2.28. The fraction of sp³-hybridized carbons (Fsp3) is 0.368. The molecule has 3 aromatic rings. The highest BCUT2D eigenvalue weighted by molar-refractivity contribution is 5.96. The van der Waals surface area contributed by atoms with Crippen molar-refractivity contribution in [2.45, 2.75) is 32.2 Å². The molecule has 2 aromatic heterocycles. The molecule has 0 spiro atoms. The number of furan rings is 1. The van der Waals surface area contributed by atoms with Crippen LogP contribution < -0.4 is 5.32 Å². The number of hydrogen-bond acceptors (Lipinski definition) is 5. The van der Waals surface area contributed by atoms with Gasteiger partial charge in [0.15, 0.2) is 11.5 Å². The number of rotatable bonds is 3. The molecule has 8 nitrogen and oxygen atoms in total. The maximum absolute atomic E-state index is 12.8. The largest absolute Gasteiger partial charge is 0.451 e. The first-order valence-electron chi connectivity index (χ1n) is 8.91. The minimum Gasteiger partial charge on any atom is -0.451 e. The summed E-state index contributed by atoms with van der Waals surface area (Å²) in [4.78, 5) is 26.8. The summed E-state index contributed by atoms with van der Waals surface area (Å²) in [6.07, 6.45) is 2.70. The van der Waals surface area contributed by atoms with Crippen molar-refractivity contribution in [1.29, 1.82) is 0 Å². The van der Waals surface area contributed by atoms with Crippen LogP contribution in [0.2, 0.25) is 0 Å². The monoisotopic (exact) mass is 367 g/mol. The maximum atomic E-state index is 12.8. The Labute approximate surface area is 155 Å². The van der Waals surface area contributed by atoms with E-state index in [1.807, 2.05) is 32.0 Å². The molecule has 0 unspecified atom stereocenters. The van der Waals surface area contributed by atoms with Crippen LogP contribution in [0.5, 0.6) is 0 Å². The second-order valence-electron chi connectivity index (χ2n) is 7.31. The second kappa shape index (κ2) is 6.53. The summed E-state index contributed by atoms with van der Waals surface area (Å²) < 4.78 is 5.72. The van der Waals surface area contributed by atoms with Gasteiger partial charge in [-0.05, 0) is 44.9 Å². The van der Waals surface area contributed by atoms with E-state index in [1.165, 1.54) is 6.20 Å². The molecule has 27 heavy (non-hydrogen) atoms. The molecule has 2 amide bonds. The normalized spacial score (nSPS) is 16.4. The molecule has 140 valence electrons. The number of likely N-dealkylation sites (tertiary alicyclic amines) is 1. The number of H-pyrrole nitrogens is 1. The summed E-state index contributed by atoms with van der Waals surface area (Å²) in [5.74, 6) is -0.0294. The number of amides is 2. The lowest BCUT2D eigenvalue weighted by molar-refractivity contribution is 0.0611. The van der Waals surface area contributed by atoms with Gasteiger partial charge in [0.2, 0.25) is 0 Å². The number of benzene rings is 1. The van der Waals surface area contributed by atoms with Gasteiger partial charge in [-0.1, -0.05) is 11.6 Å². The Bertz CT molecular complexity index is 984. The Hall–Kier alpha value is -3.16. The number of aromatic amines is 1. The van der Waals surface area contributed by atoms with E-state index in [0.717, 1.165) is 10.9 Å². The third-order valence-electron chi connectivity index (χ3n) is 5.10. The number of hydrogen-bond donors (Lipinski definition) is 2. The fourth-order valence-electron chi connectivity index (χ4n) is 3.40. The molecule has 8 heteroatoms. The third kappa shape index (κ3) is 3.42. The first-order chi connectivity index (χ1) is 12.9. The SMILES string of the molecule is Cc1ccc2oc(C(=O)N3CCC(C)(NC(=O)c4cn[nH]n4)CC3)cc2c1. The highest BCUT2D eigenvalue weighted by atomic mass is 16.3. The highest BCUT2D eigenvalue weighted by Crippen LogP contribution is 2.26. The predicted molar refractivity (Wildman–Crippen MR) is 98.3 cm³/mol. The van der Waals surface area contributed by atoms with Crippen LogP contribution in [0.4, 0.5) is 0 Å². The van der Waals surface area contributed by atoms with Crippen LogP contribution in [0, 0.1) is 6.92 Å². The van der Waals surface area contributed by atoms with Gasteiger partial charge < -0.3 is 14.6 Å². The molecule has 0 radical (unpaired) electrons. The molecule has 2 N–H and O–H groups in total. The quantitative estimate of drug-likeness (QED) is 0.739. The summed E-state index contributed by atoms with van der Waals surface area (Å²) in [7, 11) is 0. The number of carbonyl (C=O) groups is 2. The van der Waals surface area contributed by atoms with Crippen LogP contribution in [0.3, 0.4) is 0 Å². The molecule has 0 saturated carbocycles. The lowest BCUT2D eigenvalue weighted by Gasteiger charge is -2.39. The van der Waals surface area contributed by atoms with Gasteiger partial charge in [-0.15, -0.1) is 0 Å². The number of nitrogens with one attached hydrogen (secondary N) is 2. The molecule has 1 saturated heterocycles. The van der Waals surface area contributed by atoms with E-state index < -0.39 is 5.54 Å². The molecule has 0 atom stereocenters. The van der Waals surface area contributed by atoms with E-state index in [2.05, 4.69) is 20.7 Å². The van der Waals surface area contributed by atoms with Crippen LogP contribution in [0.25, 0.3) is 11.0 Å². The summed E-state index contributed by atoms with van der Waals surface area (Å²) in [5, 5.41) is 13.8. The number of nitrogens with zero attached hydrogens (tertiary/aromatic N) is 3. The number of aromatic nitrogens is 3. The average Bonchev–Trinajstić information content (AvgIpc) is 3.31. The van der Waals surface area contributed by atoms with Crippen molar-refractivity contribution in [1.82, 2.24) is 25.6 Å². The van der Waals surface area contributed by atoms with Crippen molar-refractivity contribution < 1.29 is 14.0 Å². The summed E-state index contributed by atoms with van der Waals surface area (Å²) in [6, 6.07) is 7.64. The van der Waals surface area contributed by atoms with E-state index in [9.17, 15) is 9.59 Å². The molecular formula is C19H21N5O3. The van der Waals surface area contributed by atoms with E-state index in [4.69, 9.17) is 4.42 Å². The van der Waals surface area contributed by atoms with Crippen molar-refractivity contribution in [3.63, 3.8) is 0 Å². The van der Waals surface area contributed by atoms with Gasteiger partial charge in [-0.2, -0.15) is 15.4 Å². The lowest BCUT2D eigenvalue weighted by Crippen LogP contribution is -2.54. The molecule has 1 aliphatic rings. The highest BCUT2D eigenvalue weighted by Gasteiger charge is 2.34. The first kappa shape index (κ1) is 17.3. The van der Waals surface area contributed by atoms with Crippen molar-refractivity contribution in [3.05, 3.63) is 47.5 Å². The Morgan fingerprint density at radius 2 is 2.04 bits per heavy atom. The zero-order chi connectivity index (χ0) is 19.0. The standard InChI is InChI=1S/C19H21N5O3/c1-12-3-4-15-13(9-12)10-16(27-15)18(26)24-7-5-19(2,6-8-24)21-17(25)14-11-20-23-22-14/h3-4,9-11H,5-8H2,1-2H3,(H,21,25)(H,20,22,23). The smallest absolute Gasteiger partial charge is 0.289 e. The lowest BCUT2D eigenvalue weighted by atomic mass is 9.89. The second-order valence-corrected chi connectivity index (χ2v) is 7.31. The van der Waals surface area contributed by atoms with E-state index >= 15 is 0 Å². The molecule has 0 aliphatic carbocycles. The van der Waals surface area contributed by atoms with Crippen LogP contribution in [0.1, 0.15) is 46.4 Å². The minimum atomic E-state index is -0.391. The minimum absolute atomic E-state index is 0.117. The van der Waals surface area contributed by atoms with Gasteiger partial charge in [0.1, 0.15) is 5.58 Å².